The van der Waals surface area contributed by atoms with Crippen molar-refractivity contribution in [3.05, 3.63) is 47.2 Å². The van der Waals surface area contributed by atoms with Crippen LogP contribution in [0.4, 0.5) is 5.82 Å². The Bertz CT molecular complexity index is 677. The number of carbonyl (C=O) groups is 1. The smallest absolute Gasteiger partial charge is 0.226 e. The van der Waals surface area contributed by atoms with Crippen LogP contribution in [0.15, 0.2) is 30.5 Å². The molecule has 2 aromatic rings. The van der Waals surface area contributed by atoms with Gasteiger partial charge in [0, 0.05) is 17.9 Å². The molecular weight excluding hydrogens is 262 g/mol. The number of hydrogen-bond donors (Lipinski definition) is 1. The van der Waals surface area contributed by atoms with Gasteiger partial charge in [-0.1, -0.05) is 29.8 Å². The molecule has 4 nitrogen and oxygen atoms in total. The van der Waals surface area contributed by atoms with Crippen molar-refractivity contribution in [3.8, 4) is 0 Å². The average molecular weight is 283 g/mol. The second kappa shape index (κ2) is 4.72. The number of hydrogen-bond acceptors (Lipinski definition) is 2. The Morgan fingerprint density at radius 2 is 1.90 bits per heavy atom. The molecule has 0 spiro atoms. The Kier molecular flexibility index (Phi) is 3.12. The molecule has 1 aromatic carbocycles. The Morgan fingerprint density at radius 3 is 2.52 bits per heavy atom. The number of rotatable bonds is 1. The van der Waals surface area contributed by atoms with Crippen LogP contribution in [0.1, 0.15) is 49.8 Å². The van der Waals surface area contributed by atoms with Gasteiger partial charge >= 0.3 is 0 Å². The maximum atomic E-state index is 12.1. The van der Waals surface area contributed by atoms with Gasteiger partial charge in [0.2, 0.25) is 5.91 Å². The Labute approximate surface area is 125 Å². The van der Waals surface area contributed by atoms with E-state index in [1.807, 2.05) is 10.9 Å². The molecule has 1 aromatic heterocycles. The molecule has 1 N–H and O–H groups in total. The van der Waals surface area contributed by atoms with Crippen LogP contribution in [0.25, 0.3) is 0 Å². The number of carbonyl (C=O) groups excluding carboxylic acids is 1. The molecule has 1 atom stereocenters. The SMILES string of the molecule is Cc1ccc(C2CC(=O)Nc3c2cnn3C(C)(C)C)cc1. The maximum Gasteiger partial charge on any atom is 0.226 e. The number of anilines is 1. The second-order valence-corrected chi connectivity index (χ2v) is 6.75. The largest absolute Gasteiger partial charge is 0.311 e. The van der Waals surface area contributed by atoms with Crippen LogP contribution < -0.4 is 5.32 Å². The van der Waals surface area contributed by atoms with Crippen molar-refractivity contribution >= 4 is 11.7 Å². The summed E-state index contributed by atoms with van der Waals surface area (Å²) in [6, 6.07) is 8.40. The summed E-state index contributed by atoms with van der Waals surface area (Å²) < 4.78 is 1.90. The van der Waals surface area contributed by atoms with Gasteiger partial charge in [0.1, 0.15) is 5.82 Å². The fourth-order valence-electron chi connectivity index (χ4n) is 2.82. The Balaban J connectivity index is 2.09. The van der Waals surface area contributed by atoms with Gasteiger partial charge in [-0.05, 0) is 33.3 Å². The molecule has 4 heteroatoms. The summed E-state index contributed by atoms with van der Waals surface area (Å²) in [7, 11) is 0. The molecule has 1 unspecified atom stereocenters. The van der Waals surface area contributed by atoms with Gasteiger partial charge in [-0.3, -0.25) is 4.79 Å². The number of benzene rings is 1. The van der Waals surface area contributed by atoms with E-state index in [2.05, 4.69) is 62.4 Å². The number of aryl methyl sites for hydroxylation is 1. The maximum absolute atomic E-state index is 12.1. The summed E-state index contributed by atoms with van der Waals surface area (Å²) in [6.07, 6.45) is 2.37. The highest BCUT2D eigenvalue weighted by Gasteiger charge is 2.32. The first-order chi connectivity index (χ1) is 9.86. The summed E-state index contributed by atoms with van der Waals surface area (Å²) in [6.45, 7) is 8.33. The summed E-state index contributed by atoms with van der Waals surface area (Å²) in [4.78, 5) is 12.1. The lowest BCUT2D eigenvalue weighted by Gasteiger charge is -2.28. The minimum Gasteiger partial charge on any atom is -0.311 e. The quantitative estimate of drug-likeness (QED) is 0.871. The summed E-state index contributed by atoms with van der Waals surface area (Å²) in [5.41, 5.74) is 3.35. The Morgan fingerprint density at radius 1 is 1.24 bits per heavy atom. The molecule has 1 amide bonds. The fourth-order valence-corrected chi connectivity index (χ4v) is 2.82. The molecule has 0 saturated heterocycles. The third kappa shape index (κ3) is 2.46. The highest BCUT2D eigenvalue weighted by molar-refractivity contribution is 5.94. The van der Waals surface area contributed by atoms with Crippen molar-refractivity contribution < 1.29 is 4.79 Å². The van der Waals surface area contributed by atoms with Crippen LogP contribution in [0.5, 0.6) is 0 Å². The predicted octanol–water partition coefficient (Wildman–Crippen LogP) is 3.42. The van der Waals surface area contributed by atoms with E-state index in [1.165, 1.54) is 11.1 Å². The van der Waals surface area contributed by atoms with Crippen LogP contribution in [0.3, 0.4) is 0 Å². The van der Waals surface area contributed by atoms with Crippen molar-refractivity contribution in [1.29, 1.82) is 0 Å². The third-order valence-corrected chi connectivity index (χ3v) is 3.94. The molecule has 1 aliphatic heterocycles. The predicted molar refractivity (Wildman–Crippen MR) is 83.5 cm³/mol. The molecular formula is C17H21N3O. The van der Waals surface area contributed by atoms with Gasteiger partial charge in [-0.25, -0.2) is 4.68 Å². The monoisotopic (exact) mass is 283 g/mol. The fraction of sp³-hybridized carbons (Fsp3) is 0.412. The molecule has 0 fully saturated rings. The van der Waals surface area contributed by atoms with E-state index in [4.69, 9.17) is 0 Å². The van der Waals surface area contributed by atoms with Gasteiger partial charge in [0.05, 0.1) is 11.7 Å². The van der Waals surface area contributed by atoms with E-state index < -0.39 is 0 Å². The van der Waals surface area contributed by atoms with Crippen LogP contribution in [0, 0.1) is 6.92 Å². The first kappa shape index (κ1) is 13.9. The third-order valence-electron chi connectivity index (χ3n) is 3.94. The van der Waals surface area contributed by atoms with E-state index >= 15 is 0 Å². The zero-order valence-electron chi connectivity index (χ0n) is 13.0. The lowest BCUT2D eigenvalue weighted by Crippen LogP contribution is -2.30. The lowest BCUT2D eigenvalue weighted by atomic mass is 9.87. The molecule has 0 saturated carbocycles. The van der Waals surface area contributed by atoms with E-state index in [1.54, 1.807) is 0 Å². The summed E-state index contributed by atoms with van der Waals surface area (Å²) >= 11 is 0. The molecule has 0 radical (unpaired) electrons. The highest BCUT2D eigenvalue weighted by Crippen LogP contribution is 2.38. The topological polar surface area (TPSA) is 46.9 Å². The zero-order chi connectivity index (χ0) is 15.2. The van der Waals surface area contributed by atoms with Gasteiger partial charge in [-0.2, -0.15) is 5.10 Å². The van der Waals surface area contributed by atoms with E-state index in [0.29, 0.717) is 6.42 Å². The number of amides is 1. The van der Waals surface area contributed by atoms with Crippen LogP contribution in [-0.4, -0.2) is 15.7 Å². The van der Waals surface area contributed by atoms with Gasteiger partial charge in [-0.15, -0.1) is 0 Å². The molecule has 110 valence electrons. The normalized spacial score (nSPS) is 18.3. The average Bonchev–Trinajstić information content (AvgIpc) is 2.82. The molecule has 0 bridgehead atoms. The minimum atomic E-state index is -0.157. The molecule has 1 aliphatic rings. The van der Waals surface area contributed by atoms with Gasteiger partial charge < -0.3 is 5.32 Å². The van der Waals surface area contributed by atoms with Crippen LogP contribution in [-0.2, 0) is 10.3 Å². The number of aromatic nitrogens is 2. The molecule has 3 rings (SSSR count). The molecule has 21 heavy (non-hydrogen) atoms. The van der Waals surface area contributed by atoms with Crippen molar-refractivity contribution in [2.45, 2.75) is 45.6 Å². The number of fused-ring (bicyclic) bond motifs is 1. The van der Waals surface area contributed by atoms with Gasteiger partial charge in [0.25, 0.3) is 0 Å². The first-order valence-electron chi connectivity index (χ1n) is 7.31. The van der Waals surface area contributed by atoms with E-state index in [0.717, 1.165) is 11.4 Å². The summed E-state index contributed by atoms with van der Waals surface area (Å²) in [5.74, 6) is 0.980. The van der Waals surface area contributed by atoms with Crippen molar-refractivity contribution in [2.24, 2.45) is 0 Å². The molecule has 0 aliphatic carbocycles. The lowest BCUT2D eigenvalue weighted by molar-refractivity contribution is -0.116. The molecule has 2 heterocycles. The number of nitrogens with one attached hydrogen (secondary N) is 1. The van der Waals surface area contributed by atoms with Crippen LogP contribution in [0.2, 0.25) is 0 Å². The summed E-state index contributed by atoms with van der Waals surface area (Å²) in [5, 5.41) is 7.49. The van der Waals surface area contributed by atoms with Crippen LogP contribution >= 0.6 is 0 Å². The van der Waals surface area contributed by atoms with E-state index in [-0.39, 0.29) is 17.4 Å². The van der Waals surface area contributed by atoms with Crippen molar-refractivity contribution in [1.82, 2.24) is 9.78 Å². The number of nitrogens with zero attached hydrogens (tertiary/aromatic N) is 2. The van der Waals surface area contributed by atoms with Crippen molar-refractivity contribution in [2.75, 3.05) is 5.32 Å². The minimum absolute atomic E-state index is 0.0547. The standard InChI is InChI=1S/C17H21N3O/c1-11-5-7-12(8-6-11)13-9-15(21)19-16-14(13)10-18-20(16)17(2,3)4/h5-8,10,13H,9H2,1-4H3,(H,19,21). The van der Waals surface area contributed by atoms with E-state index in [9.17, 15) is 4.79 Å². The Hall–Kier alpha value is -2.10. The first-order valence-corrected chi connectivity index (χ1v) is 7.31. The zero-order valence-corrected chi connectivity index (χ0v) is 13.0. The highest BCUT2D eigenvalue weighted by atomic mass is 16.1. The van der Waals surface area contributed by atoms with Crippen molar-refractivity contribution in [3.63, 3.8) is 0 Å². The second-order valence-electron chi connectivity index (χ2n) is 6.75. The van der Waals surface area contributed by atoms with Gasteiger partial charge in [0.15, 0.2) is 0 Å².